The Bertz CT molecular complexity index is 1000. The lowest BCUT2D eigenvalue weighted by Crippen LogP contribution is -2.44. The van der Waals surface area contributed by atoms with E-state index < -0.39 is 17.8 Å². The van der Waals surface area contributed by atoms with Gasteiger partial charge in [-0.3, -0.25) is 9.59 Å². The lowest BCUT2D eigenvalue weighted by Gasteiger charge is -2.24. The van der Waals surface area contributed by atoms with Crippen molar-refractivity contribution >= 4 is 29.2 Å². The Morgan fingerprint density at radius 1 is 1.20 bits per heavy atom. The normalized spacial score (nSPS) is 19.2. The number of nitrogens with zero attached hydrogens (tertiary/aromatic N) is 3. The van der Waals surface area contributed by atoms with Crippen LogP contribution in [0.1, 0.15) is 36.9 Å². The van der Waals surface area contributed by atoms with Gasteiger partial charge >= 0.3 is 6.18 Å². The van der Waals surface area contributed by atoms with Crippen LogP contribution in [-0.4, -0.2) is 39.1 Å². The lowest BCUT2D eigenvalue weighted by molar-refractivity contribution is -0.138. The van der Waals surface area contributed by atoms with Gasteiger partial charge in [0.1, 0.15) is 11.9 Å². The molecule has 1 saturated carbocycles. The number of likely N-dealkylation sites (tertiary alicyclic amines) is 1. The third-order valence-corrected chi connectivity index (χ3v) is 5.67. The molecule has 30 heavy (non-hydrogen) atoms. The molecule has 1 aliphatic carbocycles. The summed E-state index contributed by atoms with van der Waals surface area (Å²) < 4.78 is 40.6. The number of nitrogens with one attached hydrogen (secondary N) is 1. The molecule has 0 bridgehead atoms. The number of alkyl halides is 3. The Kier molecular flexibility index (Phi) is 5.25. The molecule has 1 atom stereocenters. The van der Waals surface area contributed by atoms with Crippen LogP contribution in [0.25, 0.3) is 5.69 Å². The number of rotatable bonds is 4. The molecule has 1 aromatic heterocycles. The first kappa shape index (κ1) is 20.7. The molecule has 2 aliphatic rings. The number of aromatic nitrogens is 2. The van der Waals surface area contributed by atoms with Crippen LogP contribution in [0, 0.1) is 12.8 Å². The number of hydrogen-bond acceptors (Lipinski definition) is 3. The summed E-state index contributed by atoms with van der Waals surface area (Å²) >= 11 is 6.14. The predicted molar refractivity (Wildman–Crippen MR) is 104 cm³/mol. The summed E-state index contributed by atoms with van der Waals surface area (Å²) in [4.78, 5) is 27.0. The monoisotopic (exact) mass is 440 g/mol. The summed E-state index contributed by atoms with van der Waals surface area (Å²) in [6, 6.07) is 3.88. The second kappa shape index (κ2) is 7.61. The highest BCUT2D eigenvalue weighted by Crippen LogP contribution is 2.35. The maximum atomic E-state index is 13.1. The van der Waals surface area contributed by atoms with Gasteiger partial charge in [0.15, 0.2) is 0 Å². The first-order valence-corrected chi connectivity index (χ1v) is 10.1. The van der Waals surface area contributed by atoms with Gasteiger partial charge in [-0.2, -0.15) is 18.3 Å². The predicted octanol–water partition coefficient (Wildman–Crippen LogP) is 4.19. The topological polar surface area (TPSA) is 67.2 Å². The summed E-state index contributed by atoms with van der Waals surface area (Å²) in [5.41, 5.74) is -0.368. The van der Waals surface area contributed by atoms with E-state index in [1.54, 1.807) is 17.9 Å². The number of amides is 2. The van der Waals surface area contributed by atoms with Crippen LogP contribution in [0.2, 0.25) is 5.02 Å². The average molecular weight is 441 g/mol. The van der Waals surface area contributed by atoms with Crippen molar-refractivity contribution in [3.8, 4) is 5.69 Å². The summed E-state index contributed by atoms with van der Waals surface area (Å²) in [6.45, 7) is 2.19. The minimum absolute atomic E-state index is 0.00161. The van der Waals surface area contributed by atoms with Crippen LogP contribution in [0.5, 0.6) is 0 Å². The van der Waals surface area contributed by atoms with Gasteiger partial charge in [-0.25, -0.2) is 4.68 Å². The highest BCUT2D eigenvalue weighted by Gasteiger charge is 2.41. The number of benzene rings is 1. The summed E-state index contributed by atoms with van der Waals surface area (Å²) in [5, 5.41) is 7.00. The van der Waals surface area contributed by atoms with E-state index in [1.165, 1.54) is 4.68 Å². The fourth-order valence-corrected chi connectivity index (χ4v) is 3.90. The number of carbonyl (C=O) groups is 2. The molecule has 2 fully saturated rings. The van der Waals surface area contributed by atoms with Gasteiger partial charge in [-0.15, -0.1) is 0 Å². The SMILES string of the molecule is Cc1cc(NC(=O)[C@H]2CCCN2C(=O)C2CC2)n(-c2cc(C(F)(F)F)ccc2Cl)n1. The molecule has 160 valence electrons. The van der Waals surface area contributed by atoms with E-state index in [0.717, 1.165) is 37.5 Å². The largest absolute Gasteiger partial charge is 0.416 e. The molecule has 4 rings (SSSR count). The molecule has 10 heteroatoms. The first-order valence-electron chi connectivity index (χ1n) is 9.70. The van der Waals surface area contributed by atoms with Gasteiger partial charge in [0.2, 0.25) is 11.8 Å². The zero-order valence-corrected chi connectivity index (χ0v) is 16.9. The summed E-state index contributed by atoms with van der Waals surface area (Å²) in [7, 11) is 0. The number of hydrogen-bond donors (Lipinski definition) is 1. The minimum Gasteiger partial charge on any atom is -0.330 e. The Morgan fingerprint density at radius 3 is 2.60 bits per heavy atom. The van der Waals surface area contributed by atoms with E-state index in [0.29, 0.717) is 18.7 Å². The van der Waals surface area contributed by atoms with Crippen molar-refractivity contribution in [2.24, 2.45) is 5.92 Å². The highest BCUT2D eigenvalue weighted by atomic mass is 35.5. The zero-order valence-electron chi connectivity index (χ0n) is 16.2. The van der Waals surface area contributed by atoms with Crippen molar-refractivity contribution in [1.29, 1.82) is 0 Å². The lowest BCUT2D eigenvalue weighted by atomic mass is 10.2. The molecule has 2 aromatic rings. The molecule has 0 unspecified atom stereocenters. The van der Waals surface area contributed by atoms with Crippen molar-refractivity contribution in [3.05, 3.63) is 40.5 Å². The molecular formula is C20H20ClF3N4O2. The molecule has 6 nitrogen and oxygen atoms in total. The smallest absolute Gasteiger partial charge is 0.330 e. The van der Waals surface area contributed by atoms with E-state index in [-0.39, 0.29) is 34.3 Å². The third-order valence-electron chi connectivity index (χ3n) is 5.35. The van der Waals surface area contributed by atoms with Crippen LogP contribution >= 0.6 is 11.6 Å². The van der Waals surface area contributed by atoms with Crippen molar-refractivity contribution in [2.45, 2.75) is 44.8 Å². The van der Waals surface area contributed by atoms with Crippen LogP contribution in [-0.2, 0) is 15.8 Å². The van der Waals surface area contributed by atoms with Crippen LogP contribution in [0.15, 0.2) is 24.3 Å². The van der Waals surface area contributed by atoms with Gasteiger partial charge < -0.3 is 10.2 Å². The number of anilines is 1. The van der Waals surface area contributed by atoms with Gasteiger partial charge in [-0.05, 0) is 50.8 Å². The molecule has 0 radical (unpaired) electrons. The zero-order chi connectivity index (χ0) is 21.6. The third kappa shape index (κ3) is 4.03. The van der Waals surface area contributed by atoms with Crippen molar-refractivity contribution in [1.82, 2.24) is 14.7 Å². The maximum absolute atomic E-state index is 13.1. The average Bonchev–Trinajstić information content (AvgIpc) is 3.29. The molecular weight excluding hydrogens is 421 g/mol. The molecule has 1 aromatic carbocycles. The Balaban J connectivity index is 1.61. The molecule has 0 spiro atoms. The highest BCUT2D eigenvalue weighted by molar-refractivity contribution is 6.32. The van der Waals surface area contributed by atoms with E-state index in [9.17, 15) is 22.8 Å². The summed E-state index contributed by atoms with van der Waals surface area (Å²) in [6.07, 6.45) is -1.57. The molecule has 1 N–H and O–H groups in total. The molecule has 1 aliphatic heterocycles. The van der Waals surface area contributed by atoms with Gasteiger partial charge in [-0.1, -0.05) is 11.6 Å². The molecule has 2 amide bonds. The van der Waals surface area contributed by atoms with Crippen LogP contribution < -0.4 is 5.32 Å². The van der Waals surface area contributed by atoms with E-state index >= 15 is 0 Å². The molecule has 2 heterocycles. The van der Waals surface area contributed by atoms with Crippen molar-refractivity contribution < 1.29 is 22.8 Å². The van der Waals surface area contributed by atoms with Crippen molar-refractivity contribution in [3.63, 3.8) is 0 Å². The standard InChI is InChI=1S/C20H20ClF3N4O2/c1-11-9-17(25-18(29)15-3-2-8-27(15)19(30)12-4-5-12)28(26-11)16-10-13(20(22,23)24)6-7-14(16)21/h6-7,9-10,12,15H,2-5,8H2,1H3,(H,25,29)/t15-/m1/s1. The fourth-order valence-electron chi connectivity index (χ4n) is 3.70. The number of halogens is 4. The van der Waals surface area contributed by atoms with Gasteiger partial charge in [0.25, 0.3) is 0 Å². The maximum Gasteiger partial charge on any atom is 0.416 e. The first-order chi connectivity index (χ1) is 14.1. The Morgan fingerprint density at radius 2 is 1.93 bits per heavy atom. The van der Waals surface area contributed by atoms with Crippen LogP contribution in [0.3, 0.4) is 0 Å². The fraction of sp³-hybridized carbons (Fsp3) is 0.450. The minimum atomic E-state index is -4.54. The van der Waals surface area contributed by atoms with E-state index in [2.05, 4.69) is 10.4 Å². The second-order valence-corrected chi connectivity index (χ2v) is 8.11. The molecule has 1 saturated heterocycles. The Labute approximate surface area is 176 Å². The van der Waals surface area contributed by atoms with E-state index in [1.807, 2.05) is 0 Å². The number of aryl methyl sites for hydroxylation is 1. The Hall–Kier alpha value is -2.55. The van der Waals surface area contributed by atoms with Gasteiger partial charge in [0, 0.05) is 18.5 Å². The van der Waals surface area contributed by atoms with Gasteiger partial charge in [0.05, 0.1) is 22.0 Å². The quantitative estimate of drug-likeness (QED) is 0.775. The van der Waals surface area contributed by atoms with E-state index in [4.69, 9.17) is 11.6 Å². The summed E-state index contributed by atoms with van der Waals surface area (Å²) in [5.74, 6) is -0.177. The van der Waals surface area contributed by atoms with Crippen molar-refractivity contribution in [2.75, 3.05) is 11.9 Å². The van der Waals surface area contributed by atoms with Crippen LogP contribution in [0.4, 0.5) is 19.0 Å². The number of carbonyl (C=O) groups excluding carboxylic acids is 2. The second-order valence-electron chi connectivity index (χ2n) is 7.70.